The zero-order valence-electron chi connectivity index (χ0n) is 9.62. The van der Waals surface area contributed by atoms with Crippen molar-refractivity contribution in [1.29, 1.82) is 0 Å². The van der Waals surface area contributed by atoms with Gasteiger partial charge in [-0.15, -0.1) is 0 Å². The smallest absolute Gasteiger partial charge is 0.0788 e. The van der Waals surface area contributed by atoms with E-state index in [0.717, 1.165) is 12.8 Å². The highest BCUT2D eigenvalue weighted by atomic mass is 32.1. The van der Waals surface area contributed by atoms with E-state index in [1.165, 1.54) is 5.56 Å². The quantitative estimate of drug-likeness (QED) is 0.578. The van der Waals surface area contributed by atoms with Crippen LogP contribution in [-0.2, 0) is 11.2 Å². The fourth-order valence-electron chi connectivity index (χ4n) is 1.52. The molecular weight excluding hydrogens is 208 g/mol. The molecule has 0 aliphatic rings. The number of hydrogen-bond acceptors (Lipinski definition) is 4. The molecule has 0 aliphatic heterocycles. The third-order valence-corrected chi connectivity index (χ3v) is 3.60. The first kappa shape index (κ1) is 12.6. The molecule has 1 unspecified atom stereocenters. The van der Waals surface area contributed by atoms with Crippen molar-refractivity contribution < 1.29 is 4.74 Å². The Hall–Kier alpha value is -0.420. The van der Waals surface area contributed by atoms with E-state index in [1.807, 2.05) is 13.8 Å². The average molecular weight is 228 g/mol. The van der Waals surface area contributed by atoms with Gasteiger partial charge in [-0.2, -0.15) is 11.3 Å². The third-order valence-electron chi connectivity index (χ3n) is 2.87. The van der Waals surface area contributed by atoms with Crippen molar-refractivity contribution in [2.24, 2.45) is 5.84 Å². The lowest BCUT2D eigenvalue weighted by Gasteiger charge is -2.32. The maximum Gasteiger partial charge on any atom is 0.0788 e. The average Bonchev–Trinajstić information content (AvgIpc) is 2.71. The van der Waals surface area contributed by atoms with Crippen molar-refractivity contribution in [2.75, 3.05) is 7.11 Å². The second-order valence-corrected chi connectivity index (χ2v) is 4.98. The topological polar surface area (TPSA) is 47.3 Å². The number of hydrazine groups is 1. The number of aryl methyl sites for hydroxylation is 1. The lowest BCUT2D eigenvalue weighted by molar-refractivity contribution is -0.0124. The van der Waals surface area contributed by atoms with Crippen LogP contribution in [0.3, 0.4) is 0 Å². The predicted octanol–water partition coefficient (Wildman–Crippen LogP) is 1.94. The molecule has 1 heterocycles. The van der Waals surface area contributed by atoms with Crippen LogP contribution in [-0.4, -0.2) is 18.8 Å². The summed E-state index contributed by atoms with van der Waals surface area (Å²) >= 11 is 1.73. The van der Waals surface area contributed by atoms with Crippen molar-refractivity contribution in [3.05, 3.63) is 22.4 Å². The Bertz CT molecular complexity index is 272. The summed E-state index contributed by atoms with van der Waals surface area (Å²) in [5.74, 6) is 5.55. The second-order valence-electron chi connectivity index (χ2n) is 4.20. The normalized spacial score (nSPS) is 14.1. The van der Waals surface area contributed by atoms with Crippen molar-refractivity contribution >= 4 is 11.3 Å². The van der Waals surface area contributed by atoms with Gasteiger partial charge >= 0.3 is 0 Å². The van der Waals surface area contributed by atoms with Crippen LogP contribution in [0.1, 0.15) is 25.8 Å². The van der Waals surface area contributed by atoms with Gasteiger partial charge in [0.05, 0.1) is 5.60 Å². The van der Waals surface area contributed by atoms with Crippen LogP contribution in [0.25, 0.3) is 0 Å². The van der Waals surface area contributed by atoms with E-state index in [4.69, 9.17) is 10.6 Å². The van der Waals surface area contributed by atoms with Crippen LogP contribution in [0.2, 0.25) is 0 Å². The minimum absolute atomic E-state index is 0.169. The number of rotatable bonds is 6. The van der Waals surface area contributed by atoms with Crippen LogP contribution >= 0.6 is 11.3 Å². The summed E-state index contributed by atoms with van der Waals surface area (Å²) in [5, 5.41) is 4.27. The first-order valence-electron chi connectivity index (χ1n) is 5.12. The SMILES string of the molecule is COC(C)(C)C(CCc1ccsc1)NN. The summed E-state index contributed by atoms with van der Waals surface area (Å²) in [7, 11) is 1.72. The summed E-state index contributed by atoms with van der Waals surface area (Å²) in [6.45, 7) is 4.09. The number of ether oxygens (including phenoxy) is 1. The van der Waals surface area contributed by atoms with Gasteiger partial charge in [0.15, 0.2) is 0 Å². The minimum Gasteiger partial charge on any atom is -0.377 e. The summed E-state index contributed by atoms with van der Waals surface area (Å²) < 4.78 is 5.42. The molecule has 4 heteroatoms. The van der Waals surface area contributed by atoms with Crippen molar-refractivity contribution in [3.63, 3.8) is 0 Å². The summed E-state index contributed by atoms with van der Waals surface area (Å²) in [6, 6.07) is 2.32. The first-order chi connectivity index (χ1) is 7.10. The molecule has 1 aromatic rings. The molecule has 3 N–H and O–H groups in total. The summed E-state index contributed by atoms with van der Waals surface area (Å²) in [5.41, 5.74) is 3.97. The van der Waals surface area contributed by atoms with Gasteiger partial charge in [-0.25, -0.2) is 0 Å². The molecule has 0 spiro atoms. The maximum atomic E-state index is 5.55. The van der Waals surface area contributed by atoms with Crippen LogP contribution in [0.5, 0.6) is 0 Å². The molecule has 1 rings (SSSR count). The maximum absolute atomic E-state index is 5.55. The van der Waals surface area contributed by atoms with Crippen LogP contribution in [0.4, 0.5) is 0 Å². The first-order valence-corrected chi connectivity index (χ1v) is 6.07. The van der Waals surface area contributed by atoms with Gasteiger partial charge in [0.2, 0.25) is 0 Å². The minimum atomic E-state index is -0.231. The Labute approximate surface area is 95.6 Å². The van der Waals surface area contributed by atoms with Crippen molar-refractivity contribution in [2.45, 2.75) is 38.3 Å². The van der Waals surface area contributed by atoms with Crippen LogP contribution < -0.4 is 11.3 Å². The van der Waals surface area contributed by atoms with E-state index in [1.54, 1.807) is 18.4 Å². The lowest BCUT2D eigenvalue weighted by atomic mass is 9.93. The molecule has 3 nitrogen and oxygen atoms in total. The third kappa shape index (κ3) is 3.57. The monoisotopic (exact) mass is 228 g/mol. The fraction of sp³-hybridized carbons (Fsp3) is 0.636. The van der Waals surface area contributed by atoms with Gasteiger partial charge in [-0.05, 0) is 49.1 Å². The Morgan fingerprint density at radius 1 is 1.60 bits per heavy atom. The standard InChI is InChI=1S/C11H20N2OS/c1-11(2,14-3)10(13-12)5-4-9-6-7-15-8-9/h6-8,10,13H,4-5,12H2,1-3H3. The molecule has 0 radical (unpaired) electrons. The number of nitrogens with two attached hydrogens (primary N) is 1. The zero-order valence-corrected chi connectivity index (χ0v) is 10.4. The molecule has 0 saturated carbocycles. The summed E-state index contributed by atoms with van der Waals surface area (Å²) in [6.07, 6.45) is 2.01. The van der Waals surface area contributed by atoms with Gasteiger partial charge in [-0.1, -0.05) is 0 Å². The number of thiophene rings is 1. The van der Waals surface area contributed by atoms with E-state index in [0.29, 0.717) is 0 Å². The highest BCUT2D eigenvalue weighted by Crippen LogP contribution is 2.18. The van der Waals surface area contributed by atoms with Gasteiger partial charge in [0.25, 0.3) is 0 Å². The predicted molar refractivity (Wildman–Crippen MR) is 64.8 cm³/mol. The van der Waals surface area contributed by atoms with Crippen molar-refractivity contribution in [1.82, 2.24) is 5.43 Å². The van der Waals surface area contributed by atoms with Gasteiger partial charge < -0.3 is 4.74 Å². The number of hydrogen-bond donors (Lipinski definition) is 2. The zero-order chi connectivity index (χ0) is 11.3. The molecule has 86 valence electrons. The molecule has 0 amide bonds. The molecule has 0 fully saturated rings. The Morgan fingerprint density at radius 2 is 2.33 bits per heavy atom. The highest BCUT2D eigenvalue weighted by molar-refractivity contribution is 7.07. The van der Waals surface area contributed by atoms with E-state index in [-0.39, 0.29) is 11.6 Å². The molecular formula is C11H20N2OS. The van der Waals surface area contributed by atoms with E-state index < -0.39 is 0 Å². The molecule has 0 aromatic carbocycles. The Kier molecular flexibility index (Phi) is 4.73. The lowest BCUT2D eigenvalue weighted by Crippen LogP contribution is -2.51. The Balaban J connectivity index is 2.47. The molecule has 1 aromatic heterocycles. The van der Waals surface area contributed by atoms with Gasteiger partial charge in [0.1, 0.15) is 0 Å². The van der Waals surface area contributed by atoms with Crippen LogP contribution in [0, 0.1) is 0 Å². The van der Waals surface area contributed by atoms with Gasteiger partial charge in [-0.3, -0.25) is 11.3 Å². The highest BCUT2D eigenvalue weighted by Gasteiger charge is 2.27. The van der Waals surface area contributed by atoms with E-state index in [2.05, 4.69) is 22.3 Å². The van der Waals surface area contributed by atoms with Gasteiger partial charge in [0, 0.05) is 13.2 Å². The fourth-order valence-corrected chi connectivity index (χ4v) is 2.22. The molecule has 15 heavy (non-hydrogen) atoms. The van der Waals surface area contributed by atoms with Crippen molar-refractivity contribution in [3.8, 4) is 0 Å². The molecule has 0 bridgehead atoms. The number of methoxy groups -OCH3 is 1. The summed E-state index contributed by atoms with van der Waals surface area (Å²) in [4.78, 5) is 0. The molecule has 1 atom stereocenters. The van der Waals surface area contributed by atoms with E-state index in [9.17, 15) is 0 Å². The second kappa shape index (κ2) is 5.61. The Morgan fingerprint density at radius 3 is 2.80 bits per heavy atom. The molecule has 0 saturated heterocycles. The largest absolute Gasteiger partial charge is 0.377 e. The molecule has 0 aliphatic carbocycles. The van der Waals surface area contributed by atoms with Crippen LogP contribution in [0.15, 0.2) is 16.8 Å². The van der Waals surface area contributed by atoms with E-state index >= 15 is 0 Å². The number of nitrogens with one attached hydrogen (secondary N) is 1.